The summed E-state index contributed by atoms with van der Waals surface area (Å²) in [5.74, 6) is 0. The van der Waals surface area contributed by atoms with Crippen LogP contribution >= 0.6 is 0 Å². The van der Waals surface area contributed by atoms with Gasteiger partial charge in [-0.25, -0.2) is 0 Å². The largest absolute Gasteiger partial charge is 0.126 e. The maximum Gasteiger partial charge on any atom is -0.00213 e. The van der Waals surface area contributed by atoms with Crippen LogP contribution in [0.1, 0.15) is 24.5 Å². The summed E-state index contributed by atoms with van der Waals surface area (Å²) in [5, 5.41) is 0. The van der Waals surface area contributed by atoms with Gasteiger partial charge >= 0.3 is 0 Å². The Bertz CT molecular complexity index is 543. The zero-order valence-electron chi connectivity index (χ0n) is 11.5. The summed E-state index contributed by atoms with van der Waals surface area (Å²) in [6.07, 6.45) is 5.27. The quantitative estimate of drug-likeness (QED) is 0.656. The van der Waals surface area contributed by atoms with Crippen molar-refractivity contribution in [1.82, 2.24) is 0 Å². The van der Waals surface area contributed by atoms with Crippen LogP contribution in [0.25, 0.3) is 0 Å². The first-order valence-corrected chi connectivity index (χ1v) is 6.83. The molecule has 0 nitrogen and oxygen atoms in total. The molecule has 0 N–H and O–H groups in total. The van der Waals surface area contributed by atoms with Crippen molar-refractivity contribution in [1.29, 1.82) is 0 Å². The molecular formula is C19H20. The van der Waals surface area contributed by atoms with Crippen molar-refractivity contribution in [3.8, 4) is 0 Å². The highest BCUT2D eigenvalue weighted by Crippen LogP contribution is 2.08. The Balaban J connectivity index is 1.85. The van der Waals surface area contributed by atoms with Crippen LogP contribution in [0.15, 0.2) is 78.0 Å². The standard InChI is InChI=1S/C19H20/c1-17(15-16-19-12-6-3-7-13-19)9-8-14-18-10-4-2-5-11-18/h2-8,10-13H,14-16H2,1H3. The molecule has 0 saturated carbocycles. The Morgan fingerprint density at radius 1 is 0.895 bits per heavy atom. The molecule has 2 aromatic rings. The van der Waals surface area contributed by atoms with Crippen molar-refractivity contribution in [3.63, 3.8) is 0 Å². The molecule has 0 aliphatic rings. The minimum atomic E-state index is 0.962. The summed E-state index contributed by atoms with van der Waals surface area (Å²) in [5.41, 5.74) is 7.45. The van der Waals surface area contributed by atoms with E-state index in [0.717, 1.165) is 19.3 Å². The van der Waals surface area contributed by atoms with Crippen LogP contribution in [-0.4, -0.2) is 0 Å². The molecule has 0 atom stereocenters. The zero-order chi connectivity index (χ0) is 13.3. The summed E-state index contributed by atoms with van der Waals surface area (Å²) >= 11 is 0. The number of aryl methyl sites for hydroxylation is 1. The lowest BCUT2D eigenvalue weighted by Crippen LogP contribution is -1.85. The average molecular weight is 248 g/mol. The fourth-order valence-electron chi connectivity index (χ4n) is 2.01. The van der Waals surface area contributed by atoms with Crippen molar-refractivity contribution in [3.05, 3.63) is 89.2 Å². The van der Waals surface area contributed by atoms with Gasteiger partial charge < -0.3 is 0 Å². The van der Waals surface area contributed by atoms with Crippen LogP contribution in [0.5, 0.6) is 0 Å². The fraction of sp³-hybridized carbons (Fsp3) is 0.211. The first-order chi connectivity index (χ1) is 9.34. The highest BCUT2D eigenvalue weighted by molar-refractivity contribution is 5.19. The lowest BCUT2D eigenvalue weighted by atomic mass is 10.1. The van der Waals surface area contributed by atoms with Gasteiger partial charge in [-0.05, 0) is 49.0 Å². The first-order valence-electron chi connectivity index (χ1n) is 6.83. The Kier molecular flexibility index (Phi) is 5.22. The van der Waals surface area contributed by atoms with Crippen LogP contribution in [-0.2, 0) is 12.8 Å². The monoisotopic (exact) mass is 248 g/mol. The summed E-state index contributed by atoms with van der Waals surface area (Å²) in [6.45, 7) is 2.16. The Morgan fingerprint density at radius 3 is 2.11 bits per heavy atom. The van der Waals surface area contributed by atoms with Crippen molar-refractivity contribution in [2.75, 3.05) is 0 Å². The van der Waals surface area contributed by atoms with E-state index in [1.165, 1.54) is 16.7 Å². The van der Waals surface area contributed by atoms with Gasteiger partial charge in [0.15, 0.2) is 0 Å². The predicted molar refractivity (Wildman–Crippen MR) is 82.2 cm³/mol. The second kappa shape index (κ2) is 7.41. The molecule has 0 bridgehead atoms. The van der Waals surface area contributed by atoms with E-state index >= 15 is 0 Å². The normalized spacial score (nSPS) is 9.74. The highest BCUT2D eigenvalue weighted by Gasteiger charge is 1.92. The first kappa shape index (κ1) is 13.4. The Hall–Kier alpha value is -2.04. The lowest BCUT2D eigenvalue weighted by Gasteiger charge is -1.99. The zero-order valence-corrected chi connectivity index (χ0v) is 11.5. The molecule has 0 unspecified atom stereocenters. The molecule has 0 heterocycles. The average Bonchev–Trinajstić information content (AvgIpc) is 2.47. The highest BCUT2D eigenvalue weighted by atomic mass is 14.0. The molecule has 0 heteroatoms. The van der Waals surface area contributed by atoms with Crippen molar-refractivity contribution < 1.29 is 0 Å². The molecule has 2 rings (SSSR count). The Labute approximate surface area is 116 Å². The predicted octanol–water partition coefficient (Wildman–Crippen LogP) is 4.96. The van der Waals surface area contributed by atoms with Gasteiger partial charge in [0.25, 0.3) is 0 Å². The summed E-state index contributed by atoms with van der Waals surface area (Å²) < 4.78 is 0. The second-order valence-corrected chi connectivity index (χ2v) is 4.80. The molecular weight excluding hydrogens is 228 g/mol. The molecule has 0 amide bonds. The molecule has 0 aromatic heterocycles. The van der Waals surface area contributed by atoms with Crippen LogP contribution < -0.4 is 0 Å². The number of rotatable bonds is 5. The van der Waals surface area contributed by atoms with Crippen molar-refractivity contribution >= 4 is 0 Å². The van der Waals surface area contributed by atoms with Gasteiger partial charge in [-0.3, -0.25) is 0 Å². The maximum absolute atomic E-state index is 3.39. The van der Waals surface area contributed by atoms with E-state index in [0.29, 0.717) is 0 Å². The molecule has 0 aliphatic carbocycles. The Morgan fingerprint density at radius 2 is 1.47 bits per heavy atom. The second-order valence-electron chi connectivity index (χ2n) is 4.80. The lowest BCUT2D eigenvalue weighted by molar-refractivity contribution is 0.943. The van der Waals surface area contributed by atoms with E-state index < -0.39 is 0 Å². The molecule has 19 heavy (non-hydrogen) atoms. The van der Waals surface area contributed by atoms with Gasteiger partial charge in [-0.2, -0.15) is 0 Å². The third-order valence-electron chi connectivity index (χ3n) is 3.16. The smallest absolute Gasteiger partial charge is 0.00213 e. The number of hydrogen-bond donors (Lipinski definition) is 0. The van der Waals surface area contributed by atoms with Gasteiger partial charge in [0.1, 0.15) is 0 Å². The van der Waals surface area contributed by atoms with E-state index in [2.05, 4.69) is 73.3 Å². The number of benzene rings is 2. The van der Waals surface area contributed by atoms with Gasteiger partial charge in [0, 0.05) is 0 Å². The van der Waals surface area contributed by atoms with E-state index in [9.17, 15) is 0 Å². The molecule has 96 valence electrons. The third-order valence-corrected chi connectivity index (χ3v) is 3.16. The number of hydrogen-bond acceptors (Lipinski definition) is 0. The van der Waals surface area contributed by atoms with Gasteiger partial charge in [-0.15, -0.1) is 5.73 Å². The van der Waals surface area contributed by atoms with Crippen molar-refractivity contribution in [2.45, 2.75) is 26.2 Å². The molecule has 2 aromatic carbocycles. The summed E-state index contributed by atoms with van der Waals surface area (Å²) in [7, 11) is 0. The third kappa shape index (κ3) is 4.99. The minimum Gasteiger partial charge on any atom is -0.126 e. The number of allylic oxidation sites excluding steroid dienone is 1. The molecule has 0 spiro atoms. The van der Waals surface area contributed by atoms with Crippen LogP contribution in [0.4, 0.5) is 0 Å². The van der Waals surface area contributed by atoms with E-state index in [-0.39, 0.29) is 0 Å². The van der Waals surface area contributed by atoms with Gasteiger partial charge in [-0.1, -0.05) is 60.7 Å². The van der Waals surface area contributed by atoms with Crippen LogP contribution in [0.2, 0.25) is 0 Å². The fourth-order valence-corrected chi connectivity index (χ4v) is 2.01. The van der Waals surface area contributed by atoms with E-state index in [1.807, 2.05) is 6.07 Å². The minimum absolute atomic E-state index is 0.962. The van der Waals surface area contributed by atoms with E-state index in [4.69, 9.17) is 0 Å². The van der Waals surface area contributed by atoms with Crippen LogP contribution in [0.3, 0.4) is 0 Å². The summed E-state index contributed by atoms with van der Waals surface area (Å²) in [6, 6.07) is 21.1. The van der Waals surface area contributed by atoms with Gasteiger partial charge in [0.2, 0.25) is 0 Å². The SMILES string of the molecule is CC(=C=CCc1ccccc1)CCc1ccccc1. The van der Waals surface area contributed by atoms with Gasteiger partial charge in [0.05, 0.1) is 0 Å². The molecule has 0 aliphatic heterocycles. The topological polar surface area (TPSA) is 0 Å². The molecule has 0 radical (unpaired) electrons. The molecule has 0 saturated heterocycles. The maximum atomic E-state index is 3.39. The van der Waals surface area contributed by atoms with Crippen molar-refractivity contribution in [2.24, 2.45) is 0 Å². The summed E-state index contributed by atoms with van der Waals surface area (Å²) in [4.78, 5) is 0. The molecule has 0 fully saturated rings. The van der Waals surface area contributed by atoms with Crippen LogP contribution in [0, 0.1) is 0 Å². The van der Waals surface area contributed by atoms with E-state index in [1.54, 1.807) is 0 Å².